The van der Waals surface area contributed by atoms with Crippen LogP contribution >= 0.6 is 23.2 Å². The molecule has 5 N–H and O–H groups in total. The molecule has 0 saturated carbocycles. The highest BCUT2D eigenvalue weighted by Gasteiger charge is 2.27. The third-order valence-electron chi connectivity index (χ3n) is 6.44. The number of hydrogen-bond donors (Lipinski definition) is 4. The van der Waals surface area contributed by atoms with E-state index in [1.165, 1.54) is 24.3 Å². The highest BCUT2D eigenvalue weighted by atomic mass is 35.5. The summed E-state index contributed by atoms with van der Waals surface area (Å²) < 4.78 is 12.0. The smallest absolute Gasteiger partial charge is 0.316 e. The lowest BCUT2D eigenvalue weighted by Gasteiger charge is -2.23. The summed E-state index contributed by atoms with van der Waals surface area (Å²) in [6.45, 7) is -0.540. The lowest BCUT2D eigenvalue weighted by Crippen LogP contribution is -2.27. The molecule has 8 nitrogen and oxygen atoms in total. The predicted octanol–water partition coefficient (Wildman–Crippen LogP) is 6.60. The van der Waals surface area contributed by atoms with Crippen molar-refractivity contribution in [1.82, 2.24) is 0 Å². The van der Waals surface area contributed by atoms with Gasteiger partial charge in [0.2, 0.25) is 5.78 Å². The van der Waals surface area contributed by atoms with Crippen molar-refractivity contribution < 1.29 is 29.0 Å². The van der Waals surface area contributed by atoms with E-state index >= 15 is 0 Å². The lowest BCUT2D eigenvalue weighted by atomic mass is 9.99. The summed E-state index contributed by atoms with van der Waals surface area (Å²) >= 11 is 12.2. The van der Waals surface area contributed by atoms with Crippen LogP contribution in [0.1, 0.15) is 27.8 Å². The number of carbonyl (C=O) groups is 2. The molecule has 0 aliphatic rings. The molecule has 0 bridgehead atoms. The number of aliphatic hydroxyl groups excluding tert-OH is 2. The van der Waals surface area contributed by atoms with Gasteiger partial charge in [-0.05, 0) is 47.0 Å². The Hall–Kier alpha value is -4.34. The maximum Gasteiger partial charge on any atom is 0.316 e. The summed E-state index contributed by atoms with van der Waals surface area (Å²) in [5.74, 6) is -0.505. The standard InChI is InChI=1S/C31H24Cl2N2O6/c32-20-10-12-22(24(33)14-20)28(38)30-27(35-31(34)39)23-13-11-21(15-26(23)41-30)40-29(25(37)16-36)19-8-6-18(7-9-19)17-4-2-1-3-5-17/h1-15,25,29,36-37H,16H2,(H3,34,35,39). The first-order chi connectivity index (χ1) is 19.7. The van der Waals surface area contributed by atoms with Crippen LogP contribution in [0.4, 0.5) is 10.5 Å². The van der Waals surface area contributed by atoms with E-state index in [2.05, 4.69) is 5.32 Å². The van der Waals surface area contributed by atoms with Crippen molar-refractivity contribution in [3.8, 4) is 16.9 Å². The van der Waals surface area contributed by atoms with Crippen LogP contribution in [0.15, 0.2) is 95.4 Å². The number of furan rings is 1. The first-order valence-corrected chi connectivity index (χ1v) is 13.2. The van der Waals surface area contributed by atoms with Crippen molar-refractivity contribution in [2.45, 2.75) is 12.2 Å². The van der Waals surface area contributed by atoms with E-state index in [0.717, 1.165) is 11.1 Å². The second-order valence-corrected chi connectivity index (χ2v) is 10.0. The molecule has 0 aliphatic carbocycles. The van der Waals surface area contributed by atoms with Gasteiger partial charge >= 0.3 is 6.03 Å². The number of amides is 2. The summed E-state index contributed by atoms with van der Waals surface area (Å²) in [4.78, 5) is 25.1. The monoisotopic (exact) mass is 590 g/mol. The molecular formula is C31H24Cl2N2O6. The normalized spacial score (nSPS) is 12.6. The van der Waals surface area contributed by atoms with E-state index < -0.39 is 30.6 Å². The van der Waals surface area contributed by atoms with Crippen molar-refractivity contribution in [3.63, 3.8) is 0 Å². The first kappa shape index (κ1) is 28.2. The Morgan fingerprint density at radius 2 is 1.63 bits per heavy atom. The topological polar surface area (TPSA) is 135 Å². The fourth-order valence-electron chi connectivity index (χ4n) is 4.46. The van der Waals surface area contributed by atoms with Crippen molar-refractivity contribution in [3.05, 3.63) is 118 Å². The Balaban J connectivity index is 1.49. The molecule has 5 rings (SSSR count). The van der Waals surface area contributed by atoms with E-state index in [1.807, 2.05) is 54.6 Å². The number of ether oxygens (including phenoxy) is 1. The van der Waals surface area contributed by atoms with Crippen LogP contribution in [0.25, 0.3) is 22.1 Å². The van der Waals surface area contributed by atoms with E-state index in [0.29, 0.717) is 16.0 Å². The fourth-order valence-corrected chi connectivity index (χ4v) is 4.95. The summed E-state index contributed by atoms with van der Waals surface area (Å²) in [6, 6.07) is 25.4. The van der Waals surface area contributed by atoms with Gasteiger partial charge in [-0.2, -0.15) is 0 Å². The number of carbonyl (C=O) groups excluding carboxylic acids is 2. The number of hydrogen-bond acceptors (Lipinski definition) is 6. The lowest BCUT2D eigenvalue weighted by molar-refractivity contribution is -0.00186. The number of fused-ring (bicyclic) bond motifs is 1. The van der Waals surface area contributed by atoms with Gasteiger partial charge in [-0.3, -0.25) is 4.79 Å². The minimum Gasteiger partial charge on any atom is -0.483 e. The molecule has 41 heavy (non-hydrogen) atoms. The summed E-state index contributed by atoms with van der Waals surface area (Å²) in [5, 5.41) is 23.6. The molecule has 2 atom stereocenters. The van der Waals surface area contributed by atoms with Crippen LogP contribution in [-0.2, 0) is 0 Å². The van der Waals surface area contributed by atoms with Gasteiger partial charge in [-0.15, -0.1) is 0 Å². The number of nitrogens with one attached hydrogen (secondary N) is 1. The summed E-state index contributed by atoms with van der Waals surface area (Å²) in [5.41, 5.74) is 8.41. The number of anilines is 1. The predicted molar refractivity (Wildman–Crippen MR) is 158 cm³/mol. The summed E-state index contributed by atoms with van der Waals surface area (Å²) in [6.07, 6.45) is -2.16. The van der Waals surface area contributed by atoms with Gasteiger partial charge in [-0.25, -0.2) is 4.79 Å². The average Bonchev–Trinajstić information content (AvgIpc) is 3.32. The largest absolute Gasteiger partial charge is 0.483 e. The molecule has 0 spiro atoms. The SMILES string of the molecule is NC(=O)Nc1c(C(=O)c2ccc(Cl)cc2Cl)oc2cc(OC(c3ccc(-c4ccccc4)cc3)C(O)CO)ccc12. The number of primary amides is 1. The molecule has 0 radical (unpaired) electrons. The van der Waals surface area contributed by atoms with Crippen molar-refractivity contribution in [2.24, 2.45) is 5.73 Å². The number of aliphatic hydroxyl groups is 2. The third kappa shape index (κ3) is 6.06. The van der Waals surface area contributed by atoms with Gasteiger partial charge in [0.1, 0.15) is 23.1 Å². The Labute approximate surface area is 244 Å². The molecule has 0 aliphatic heterocycles. The molecule has 208 valence electrons. The quantitative estimate of drug-likeness (QED) is 0.143. The van der Waals surface area contributed by atoms with Crippen molar-refractivity contribution in [2.75, 3.05) is 11.9 Å². The van der Waals surface area contributed by atoms with Gasteiger partial charge < -0.3 is 30.4 Å². The molecule has 2 unspecified atom stereocenters. The number of halogens is 2. The van der Waals surface area contributed by atoms with Crippen molar-refractivity contribution >= 4 is 51.7 Å². The second kappa shape index (κ2) is 12.0. The first-order valence-electron chi connectivity index (χ1n) is 12.5. The Kier molecular flexibility index (Phi) is 8.28. The zero-order valence-corrected chi connectivity index (χ0v) is 22.9. The summed E-state index contributed by atoms with van der Waals surface area (Å²) in [7, 11) is 0. The van der Waals surface area contributed by atoms with Crippen LogP contribution in [0, 0.1) is 0 Å². The van der Waals surface area contributed by atoms with E-state index in [4.69, 9.17) is 38.1 Å². The molecule has 1 aromatic heterocycles. The molecule has 0 saturated heterocycles. The van der Waals surface area contributed by atoms with Gasteiger partial charge in [0.25, 0.3) is 0 Å². The maximum absolute atomic E-state index is 13.4. The van der Waals surface area contributed by atoms with Gasteiger partial charge in [-0.1, -0.05) is 77.8 Å². The van der Waals surface area contributed by atoms with Crippen LogP contribution < -0.4 is 15.8 Å². The van der Waals surface area contributed by atoms with Crippen LogP contribution in [0.3, 0.4) is 0 Å². The number of nitrogens with two attached hydrogens (primary N) is 1. The van der Waals surface area contributed by atoms with Crippen LogP contribution in [-0.4, -0.2) is 34.7 Å². The molecule has 2 amide bonds. The van der Waals surface area contributed by atoms with Crippen LogP contribution in [0.5, 0.6) is 5.75 Å². The Bertz CT molecular complexity index is 1720. The number of urea groups is 1. The number of benzene rings is 4. The molecule has 5 aromatic rings. The van der Waals surface area contributed by atoms with E-state index in [9.17, 15) is 19.8 Å². The maximum atomic E-state index is 13.4. The van der Waals surface area contributed by atoms with E-state index in [-0.39, 0.29) is 33.4 Å². The number of rotatable bonds is 9. The Morgan fingerprint density at radius 1 is 0.927 bits per heavy atom. The van der Waals surface area contributed by atoms with Crippen molar-refractivity contribution in [1.29, 1.82) is 0 Å². The Morgan fingerprint density at radius 3 is 2.29 bits per heavy atom. The zero-order chi connectivity index (χ0) is 29.1. The molecule has 0 fully saturated rings. The van der Waals surface area contributed by atoms with Gasteiger partial charge in [0.05, 0.1) is 11.6 Å². The fraction of sp³-hybridized carbons (Fsp3) is 0.0968. The molecule has 10 heteroatoms. The number of ketones is 1. The zero-order valence-electron chi connectivity index (χ0n) is 21.4. The highest BCUT2D eigenvalue weighted by molar-refractivity contribution is 6.37. The minimum atomic E-state index is -1.24. The second-order valence-electron chi connectivity index (χ2n) is 9.18. The minimum absolute atomic E-state index is 0.0681. The average molecular weight is 591 g/mol. The van der Waals surface area contributed by atoms with Crippen LogP contribution in [0.2, 0.25) is 10.0 Å². The van der Waals surface area contributed by atoms with Gasteiger partial charge in [0, 0.05) is 22.0 Å². The molecule has 4 aromatic carbocycles. The van der Waals surface area contributed by atoms with Gasteiger partial charge in [0.15, 0.2) is 11.9 Å². The third-order valence-corrected chi connectivity index (χ3v) is 6.99. The molecular weight excluding hydrogens is 567 g/mol. The molecule has 1 heterocycles. The van der Waals surface area contributed by atoms with E-state index in [1.54, 1.807) is 12.1 Å². The highest BCUT2D eigenvalue weighted by Crippen LogP contribution is 2.37.